The number of rotatable bonds is 2. The molecule has 0 radical (unpaired) electrons. The molecule has 6 nitrogen and oxygen atoms in total. The third-order valence-corrected chi connectivity index (χ3v) is 4.39. The molecule has 0 unspecified atom stereocenters. The second kappa shape index (κ2) is 8.28. The number of amides is 1. The number of piperidine rings is 1. The monoisotopic (exact) mass is 361 g/mol. The van der Waals surface area contributed by atoms with Crippen molar-refractivity contribution in [1.29, 1.82) is 0 Å². The van der Waals surface area contributed by atoms with Gasteiger partial charge in [-0.2, -0.15) is 0 Å². The summed E-state index contributed by atoms with van der Waals surface area (Å²) in [7, 11) is 0. The molecule has 1 saturated heterocycles. The fourth-order valence-corrected chi connectivity index (χ4v) is 2.95. The number of aryl methyl sites for hydroxylation is 1. The van der Waals surface area contributed by atoms with Gasteiger partial charge >= 0.3 is 0 Å². The molecule has 3 rings (SSSR count). The molecule has 6 heteroatoms. The number of para-hydroxylation sites is 1. The van der Waals surface area contributed by atoms with Crippen molar-refractivity contribution in [2.75, 3.05) is 13.1 Å². The standard InChI is InChI=1S/C21H19N3O3/c1-16-6-4-8-18(22-16)9-5-7-17-12-14-23(15-13-17)21(25)19-10-2-3-11-20(19)24(26)27/h2-4,6-8,10-11H,12-15H2,1H3. The predicted octanol–water partition coefficient (Wildman–Crippen LogP) is 3.51. The number of aromatic nitrogens is 1. The lowest BCUT2D eigenvalue weighted by Crippen LogP contribution is -2.36. The van der Waals surface area contributed by atoms with Crippen molar-refractivity contribution in [3.63, 3.8) is 0 Å². The first-order chi connectivity index (χ1) is 13.0. The summed E-state index contributed by atoms with van der Waals surface area (Å²) in [6.45, 7) is 2.98. The van der Waals surface area contributed by atoms with Crippen LogP contribution in [0.1, 0.15) is 34.6 Å². The van der Waals surface area contributed by atoms with Crippen molar-refractivity contribution in [3.05, 3.63) is 81.2 Å². The van der Waals surface area contributed by atoms with Gasteiger partial charge < -0.3 is 4.90 Å². The lowest BCUT2D eigenvalue weighted by molar-refractivity contribution is -0.385. The lowest BCUT2D eigenvalue weighted by atomic mass is 10.0. The van der Waals surface area contributed by atoms with Crippen LogP contribution in [0.2, 0.25) is 0 Å². The molecule has 27 heavy (non-hydrogen) atoms. The number of pyridine rings is 1. The Morgan fingerprint density at radius 2 is 1.93 bits per heavy atom. The van der Waals surface area contributed by atoms with Crippen LogP contribution in [0.3, 0.4) is 0 Å². The summed E-state index contributed by atoms with van der Waals surface area (Å²) >= 11 is 0. The number of carbonyl (C=O) groups excluding carboxylic acids is 1. The number of benzene rings is 1. The van der Waals surface area contributed by atoms with Crippen LogP contribution in [-0.2, 0) is 0 Å². The zero-order valence-corrected chi connectivity index (χ0v) is 15.0. The van der Waals surface area contributed by atoms with Crippen molar-refractivity contribution >= 4 is 11.6 Å². The number of likely N-dealkylation sites (tertiary alicyclic amines) is 1. The van der Waals surface area contributed by atoms with Gasteiger partial charge in [-0.3, -0.25) is 14.9 Å². The van der Waals surface area contributed by atoms with Crippen LogP contribution in [0.5, 0.6) is 0 Å². The number of hydrogen-bond donors (Lipinski definition) is 0. The summed E-state index contributed by atoms with van der Waals surface area (Å²) in [5.41, 5.74) is 2.81. The molecule has 1 fully saturated rings. The molecule has 1 aliphatic rings. The minimum Gasteiger partial charge on any atom is -0.338 e. The fourth-order valence-electron chi connectivity index (χ4n) is 2.95. The van der Waals surface area contributed by atoms with Gasteiger partial charge in [-0.25, -0.2) is 4.98 Å². The van der Waals surface area contributed by atoms with Crippen molar-refractivity contribution in [3.8, 4) is 11.8 Å². The van der Waals surface area contributed by atoms with Crippen molar-refractivity contribution in [1.82, 2.24) is 9.88 Å². The van der Waals surface area contributed by atoms with Crippen LogP contribution in [0.25, 0.3) is 0 Å². The van der Waals surface area contributed by atoms with E-state index >= 15 is 0 Å². The molecule has 0 spiro atoms. The van der Waals surface area contributed by atoms with E-state index < -0.39 is 4.92 Å². The van der Waals surface area contributed by atoms with Gasteiger partial charge in [0.15, 0.2) is 0 Å². The number of nitro benzene ring substituents is 1. The Morgan fingerprint density at radius 1 is 1.19 bits per heavy atom. The zero-order valence-electron chi connectivity index (χ0n) is 15.0. The molecular formula is C21H19N3O3. The Morgan fingerprint density at radius 3 is 2.63 bits per heavy atom. The molecule has 1 aromatic heterocycles. The summed E-state index contributed by atoms with van der Waals surface area (Å²) in [4.78, 5) is 29.2. The quantitative estimate of drug-likeness (QED) is 0.466. The molecule has 0 saturated carbocycles. The molecular weight excluding hydrogens is 342 g/mol. The largest absolute Gasteiger partial charge is 0.338 e. The molecule has 0 N–H and O–H groups in total. The number of nitrogens with zero attached hydrogens (tertiary/aromatic N) is 3. The summed E-state index contributed by atoms with van der Waals surface area (Å²) in [5.74, 6) is 5.76. The van der Waals surface area contributed by atoms with E-state index in [0.717, 1.165) is 11.4 Å². The minimum atomic E-state index is -0.516. The Labute approximate surface area is 157 Å². The summed E-state index contributed by atoms with van der Waals surface area (Å²) in [6, 6.07) is 11.8. The van der Waals surface area contributed by atoms with E-state index in [1.165, 1.54) is 17.7 Å². The van der Waals surface area contributed by atoms with Gasteiger partial charge in [0.05, 0.1) is 4.92 Å². The van der Waals surface area contributed by atoms with E-state index in [1.807, 2.05) is 31.2 Å². The second-order valence-corrected chi connectivity index (χ2v) is 6.30. The number of nitro groups is 1. The maximum atomic E-state index is 12.6. The maximum Gasteiger partial charge on any atom is 0.282 e. The highest BCUT2D eigenvalue weighted by molar-refractivity contribution is 5.98. The smallest absolute Gasteiger partial charge is 0.282 e. The van der Waals surface area contributed by atoms with Gasteiger partial charge in [-0.05, 0) is 50.0 Å². The highest BCUT2D eigenvalue weighted by atomic mass is 16.6. The first kappa shape index (κ1) is 18.3. The number of carbonyl (C=O) groups is 1. The molecule has 1 amide bonds. The van der Waals surface area contributed by atoms with Crippen LogP contribution in [0.15, 0.2) is 54.1 Å². The summed E-state index contributed by atoms with van der Waals surface area (Å²) in [5, 5.41) is 11.1. The Balaban J connectivity index is 1.64. The van der Waals surface area contributed by atoms with E-state index in [9.17, 15) is 14.9 Å². The SMILES string of the molecule is Cc1cccc(C#CC=C2CCN(C(=O)c3ccccc3[N+](=O)[O-])CC2)n1. The Hall–Kier alpha value is -3.46. The van der Waals surface area contributed by atoms with Crippen LogP contribution in [0, 0.1) is 28.9 Å². The lowest BCUT2D eigenvalue weighted by Gasteiger charge is -2.28. The Bertz CT molecular complexity index is 960. The predicted molar refractivity (Wildman–Crippen MR) is 102 cm³/mol. The number of allylic oxidation sites excluding steroid dienone is 1. The summed E-state index contributed by atoms with van der Waals surface area (Å²) < 4.78 is 0. The van der Waals surface area contributed by atoms with Gasteiger partial charge in [0.1, 0.15) is 11.3 Å². The van der Waals surface area contributed by atoms with Gasteiger partial charge in [0.25, 0.3) is 11.6 Å². The molecule has 1 aromatic carbocycles. The van der Waals surface area contributed by atoms with Gasteiger partial charge in [0, 0.05) is 24.8 Å². The van der Waals surface area contributed by atoms with Crippen molar-refractivity contribution < 1.29 is 9.72 Å². The minimum absolute atomic E-state index is 0.139. The van der Waals surface area contributed by atoms with E-state index in [2.05, 4.69) is 16.8 Å². The highest BCUT2D eigenvalue weighted by Crippen LogP contribution is 2.23. The van der Waals surface area contributed by atoms with E-state index in [0.29, 0.717) is 25.9 Å². The normalized spacial score (nSPS) is 13.5. The molecule has 2 aromatic rings. The third-order valence-electron chi connectivity index (χ3n) is 4.39. The van der Waals surface area contributed by atoms with E-state index in [-0.39, 0.29) is 17.2 Å². The van der Waals surface area contributed by atoms with Crippen LogP contribution < -0.4 is 0 Å². The zero-order chi connectivity index (χ0) is 19.2. The highest BCUT2D eigenvalue weighted by Gasteiger charge is 2.26. The fraction of sp³-hybridized carbons (Fsp3) is 0.238. The molecule has 2 heterocycles. The van der Waals surface area contributed by atoms with Gasteiger partial charge in [0.2, 0.25) is 0 Å². The summed E-state index contributed by atoms with van der Waals surface area (Å²) in [6.07, 6.45) is 3.31. The topological polar surface area (TPSA) is 76.3 Å². The van der Waals surface area contributed by atoms with Crippen molar-refractivity contribution in [2.24, 2.45) is 0 Å². The third kappa shape index (κ3) is 4.59. The first-order valence-corrected chi connectivity index (χ1v) is 8.70. The van der Waals surface area contributed by atoms with Gasteiger partial charge in [-0.1, -0.05) is 29.7 Å². The van der Waals surface area contributed by atoms with Crippen LogP contribution in [-0.4, -0.2) is 33.8 Å². The second-order valence-electron chi connectivity index (χ2n) is 6.30. The van der Waals surface area contributed by atoms with Crippen molar-refractivity contribution in [2.45, 2.75) is 19.8 Å². The van der Waals surface area contributed by atoms with Crippen LogP contribution in [0.4, 0.5) is 5.69 Å². The van der Waals surface area contributed by atoms with Crippen LogP contribution >= 0.6 is 0 Å². The van der Waals surface area contributed by atoms with E-state index in [4.69, 9.17) is 0 Å². The molecule has 136 valence electrons. The molecule has 0 bridgehead atoms. The van der Waals surface area contributed by atoms with Gasteiger partial charge in [-0.15, -0.1) is 0 Å². The van der Waals surface area contributed by atoms with E-state index in [1.54, 1.807) is 17.0 Å². The Kier molecular flexibility index (Phi) is 5.62. The average molecular weight is 361 g/mol. The number of hydrogen-bond acceptors (Lipinski definition) is 4. The molecule has 1 aliphatic heterocycles. The average Bonchev–Trinajstić information content (AvgIpc) is 2.68. The first-order valence-electron chi connectivity index (χ1n) is 8.70. The molecule has 0 atom stereocenters. The molecule has 0 aliphatic carbocycles. The maximum absolute atomic E-state index is 12.6.